The van der Waals surface area contributed by atoms with E-state index in [1.54, 1.807) is 5.06 Å². The average molecular weight is 255 g/mol. The second-order valence-corrected chi connectivity index (χ2v) is 3.72. The minimum atomic E-state index is -0.856. The van der Waals surface area contributed by atoms with Crippen molar-refractivity contribution in [1.29, 1.82) is 0 Å². The number of amides is 3. The number of aryl methyl sites for hydroxylation is 1. The van der Waals surface area contributed by atoms with E-state index in [1.165, 1.54) is 7.11 Å². The first-order chi connectivity index (χ1) is 8.51. The van der Waals surface area contributed by atoms with Crippen LogP contribution in [0.25, 0.3) is 0 Å². The van der Waals surface area contributed by atoms with E-state index in [4.69, 9.17) is 15.0 Å². The zero-order chi connectivity index (χ0) is 13.5. The second-order valence-electron chi connectivity index (χ2n) is 3.72. The van der Waals surface area contributed by atoms with Gasteiger partial charge in [0, 0.05) is 13.0 Å². The largest absolute Gasteiger partial charge is 0.465 e. The number of nitrogens with zero attached hydrogens (tertiary/aromatic N) is 1. The van der Waals surface area contributed by atoms with Gasteiger partial charge in [-0.2, -0.15) is 5.06 Å². The number of furan rings is 1. The molecule has 0 aromatic carbocycles. The van der Waals surface area contributed by atoms with Crippen LogP contribution in [0.2, 0.25) is 0 Å². The van der Waals surface area contributed by atoms with Crippen LogP contribution >= 0.6 is 0 Å². The van der Waals surface area contributed by atoms with Gasteiger partial charge in [0.1, 0.15) is 11.5 Å². The van der Waals surface area contributed by atoms with Crippen LogP contribution in [0.1, 0.15) is 17.9 Å². The van der Waals surface area contributed by atoms with Crippen LogP contribution in [0.5, 0.6) is 0 Å². The lowest BCUT2D eigenvalue weighted by molar-refractivity contribution is -0.147. The molecule has 0 aliphatic rings. The molecule has 1 heterocycles. The number of primary amides is 1. The normalized spacial score (nSPS) is 10.6. The molecule has 0 aliphatic heterocycles. The second kappa shape index (κ2) is 6.77. The molecule has 1 rings (SSSR count). The third kappa shape index (κ3) is 4.98. The number of hydrogen-bond acceptors (Lipinski definition) is 5. The van der Waals surface area contributed by atoms with E-state index in [1.807, 2.05) is 24.4 Å². The van der Waals surface area contributed by atoms with E-state index in [2.05, 4.69) is 0 Å². The van der Waals surface area contributed by atoms with E-state index >= 15 is 0 Å². The summed E-state index contributed by atoms with van der Waals surface area (Å²) in [6.07, 6.45) is 0.108. The van der Waals surface area contributed by atoms with Gasteiger partial charge >= 0.3 is 6.03 Å². The van der Waals surface area contributed by atoms with Crippen molar-refractivity contribution >= 4 is 11.9 Å². The number of hydrogen-bond donors (Lipinski definition) is 2. The molecule has 3 amide bonds. The van der Waals surface area contributed by atoms with Crippen molar-refractivity contribution in [2.24, 2.45) is 5.73 Å². The highest BCUT2D eigenvalue weighted by Crippen LogP contribution is 2.09. The number of urea groups is 1. The summed E-state index contributed by atoms with van der Waals surface area (Å²) in [5.41, 5.74) is 4.83. The minimum absolute atomic E-state index is 0.108. The fourth-order valence-electron chi connectivity index (χ4n) is 1.40. The Labute approximate surface area is 105 Å². The van der Waals surface area contributed by atoms with Gasteiger partial charge in [-0.15, -0.1) is 0 Å². The van der Waals surface area contributed by atoms with Crippen LogP contribution in [0.15, 0.2) is 16.5 Å². The quantitative estimate of drug-likeness (QED) is 0.723. The fraction of sp³-hybridized carbons (Fsp3) is 0.455. The maximum absolute atomic E-state index is 11.2. The van der Waals surface area contributed by atoms with Gasteiger partial charge in [-0.3, -0.25) is 10.1 Å². The zero-order valence-electron chi connectivity index (χ0n) is 10.4. The van der Waals surface area contributed by atoms with Gasteiger partial charge < -0.3 is 15.0 Å². The number of hydroxylamine groups is 2. The van der Waals surface area contributed by atoms with Crippen LogP contribution in [0.4, 0.5) is 4.79 Å². The van der Waals surface area contributed by atoms with Crippen molar-refractivity contribution in [1.82, 2.24) is 10.4 Å². The summed E-state index contributed by atoms with van der Waals surface area (Å²) in [6.45, 7) is 2.60. The molecule has 0 bridgehead atoms. The maximum Gasteiger partial charge on any atom is 0.318 e. The Balaban J connectivity index is 2.38. The Hall–Kier alpha value is -1.86. The third-order valence-corrected chi connectivity index (χ3v) is 2.24. The predicted molar refractivity (Wildman–Crippen MR) is 63.2 cm³/mol. The number of imide groups is 1. The van der Waals surface area contributed by atoms with Gasteiger partial charge in [-0.05, 0) is 19.1 Å². The lowest BCUT2D eigenvalue weighted by Crippen LogP contribution is -2.37. The minimum Gasteiger partial charge on any atom is -0.465 e. The summed E-state index contributed by atoms with van der Waals surface area (Å²) in [5, 5.41) is 3.54. The molecule has 100 valence electrons. The first-order valence-corrected chi connectivity index (χ1v) is 5.45. The summed E-state index contributed by atoms with van der Waals surface area (Å²) >= 11 is 0. The van der Waals surface area contributed by atoms with E-state index < -0.39 is 11.9 Å². The van der Waals surface area contributed by atoms with Crippen LogP contribution in [0, 0.1) is 6.92 Å². The van der Waals surface area contributed by atoms with Crippen molar-refractivity contribution in [2.45, 2.75) is 19.9 Å². The number of nitrogens with one attached hydrogen (secondary N) is 1. The smallest absolute Gasteiger partial charge is 0.318 e. The Bertz CT molecular complexity index is 416. The molecule has 0 atom stereocenters. The number of carbonyl (C=O) groups excluding carboxylic acids is 2. The molecule has 0 radical (unpaired) electrons. The maximum atomic E-state index is 11.2. The van der Waals surface area contributed by atoms with Crippen LogP contribution < -0.4 is 11.1 Å². The van der Waals surface area contributed by atoms with Gasteiger partial charge in [0.2, 0.25) is 5.91 Å². The summed E-state index contributed by atoms with van der Waals surface area (Å²) in [5.74, 6) is 1.11. The van der Waals surface area contributed by atoms with E-state index in [0.29, 0.717) is 13.1 Å². The SMILES string of the molecule is CON(CCC(=O)NC(N)=O)Cc1ccc(C)o1. The molecule has 7 heteroatoms. The third-order valence-electron chi connectivity index (χ3n) is 2.24. The first kappa shape index (κ1) is 14.2. The summed E-state index contributed by atoms with van der Waals surface area (Å²) in [6, 6.07) is 2.83. The summed E-state index contributed by atoms with van der Waals surface area (Å²) in [7, 11) is 1.50. The van der Waals surface area contributed by atoms with E-state index in [9.17, 15) is 9.59 Å². The molecule has 7 nitrogen and oxygen atoms in total. The van der Waals surface area contributed by atoms with E-state index in [0.717, 1.165) is 11.5 Å². The van der Waals surface area contributed by atoms with Crippen molar-refractivity contribution < 1.29 is 18.8 Å². The monoisotopic (exact) mass is 255 g/mol. The molecule has 0 saturated carbocycles. The van der Waals surface area contributed by atoms with Crippen LogP contribution in [-0.2, 0) is 16.2 Å². The van der Waals surface area contributed by atoms with Crippen molar-refractivity contribution in [3.63, 3.8) is 0 Å². The fourth-order valence-corrected chi connectivity index (χ4v) is 1.40. The Morgan fingerprint density at radius 2 is 2.22 bits per heavy atom. The highest BCUT2D eigenvalue weighted by Gasteiger charge is 2.11. The van der Waals surface area contributed by atoms with Gasteiger partial charge in [0.25, 0.3) is 0 Å². The van der Waals surface area contributed by atoms with Crippen LogP contribution in [0.3, 0.4) is 0 Å². The number of carbonyl (C=O) groups is 2. The zero-order valence-corrected chi connectivity index (χ0v) is 10.4. The van der Waals surface area contributed by atoms with Crippen LogP contribution in [-0.4, -0.2) is 30.7 Å². The molecule has 0 aliphatic carbocycles. The molecule has 1 aromatic heterocycles. The lowest BCUT2D eigenvalue weighted by atomic mass is 10.3. The van der Waals surface area contributed by atoms with Gasteiger partial charge in [0.15, 0.2) is 0 Å². The highest BCUT2D eigenvalue weighted by atomic mass is 16.7. The molecule has 0 saturated heterocycles. The molecule has 0 fully saturated rings. The molecule has 0 unspecified atom stereocenters. The number of nitrogens with two attached hydrogens (primary N) is 1. The van der Waals surface area contributed by atoms with Crippen molar-refractivity contribution in [3.8, 4) is 0 Å². The molecular weight excluding hydrogens is 238 g/mol. The summed E-state index contributed by atoms with van der Waals surface area (Å²) < 4.78 is 5.39. The molecule has 3 N–H and O–H groups in total. The average Bonchev–Trinajstić information content (AvgIpc) is 2.69. The topological polar surface area (TPSA) is 97.8 Å². The highest BCUT2D eigenvalue weighted by molar-refractivity contribution is 5.93. The van der Waals surface area contributed by atoms with Crippen molar-refractivity contribution in [3.05, 3.63) is 23.7 Å². The number of rotatable bonds is 6. The Morgan fingerprint density at radius 3 is 2.72 bits per heavy atom. The Kier molecular flexibility index (Phi) is 5.34. The van der Waals surface area contributed by atoms with E-state index in [-0.39, 0.29) is 6.42 Å². The van der Waals surface area contributed by atoms with Gasteiger partial charge in [0.05, 0.1) is 13.7 Å². The first-order valence-electron chi connectivity index (χ1n) is 5.45. The molecule has 0 spiro atoms. The lowest BCUT2D eigenvalue weighted by Gasteiger charge is -2.17. The molecular formula is C11H17N3O4. The standard InChI is InChI=1S/C11H17N3O4/c1-8-3-4-9(18-8)7-14(17-2)6-5-10(15)13-11(12)16/h3-4H,5-7H2,1-2H3,(H3,12,13,15,16). The Morgan fingerprint density at radius 1 is 1.50 bits per heavy atom. The molecule has 1 aromatic rings. The van der Waals surface area contributed by atoms with Crippen molar-refractivity contribution in [2.75, 3.05) is 13.7 Å². The van der Waals surface area contributed by atoms with Gasteiger partial charge in [-0.1, -0.05) is 0 Å². The summed E-state index contributed by atoms with van der Waals surface area (Å²) in [4.78, 5) is 26.8. The predicted octanol–water partition coefficient (Wildman–Crippen LogP) is 0.536. The van der Waals surface area contributed by atoms with Gasteiger partial charge in [-0.25, -0.2) is 4.79 Å². The molecule has 18 heavy (non-hydrogen) atoms.